The second-order valence-corrected chi connectivity index (χ2v) is 4.31. The summed E-state index contributed by atoms with van der Waals surface area (Å²) < 4.78 is 2.32. The van der Waals surface area contributed by atoms with Crippen LogP contribution in [0.2, 0.25) is 0 Å². The van der Waals surface area contributed by atoms with Gasteiger partial charge in [-0.25, -0.2) is 4.98 Å². The fourth-order valence-corrected chi connectivity index (χ4v) is 2.59. The lowest BCUT2D eigenvalue weighted by Gasteiger charge is -2.24. The van der Waals surface area contributed by atoms with E-state index in [0.29, 0.717) is 0 Å². The molecule has 1 aromatic heterocycles. The molecule has 0 fully saturated rings. The van der Waals surface area contributed by atoms with Crippen molar-refractivity contribution >= 4 is 5.82 Å². The van der Waals surface area contributed by atoms with E-state index in [1.54, 1.807) is 0 Å². The number of fused-ring (bicyclic) bond motifs is 3. The van der Waals surface area contributed by atoms with Crippen molar-refractivity contribution in [1.82, 2.24) is 9.55 Å². The standard InChI is InChI=1S/C10H16N4/c1-13-6-4-8-10(13)14-5-2-3-7(11)9(14)12-8/h7H,2-6,11H2,1H3. The van der Waals surface area contributed by atoms with Gasteiger partial charge in [0.25, 0.3) is 0 Å². The first kappa shape index (κ1) is 8.29. The van der Waals surface area contributed by atoms with Crippen LogP contribution in [0.1, 0.15) is 30.4 Å². The molecule has 0 spiro atoms. The predicted octanol–water partition coefficient (Wildman–Crippen LogP) is 0.669. The number of nitrogens with two attached hydrogens (primary N) is 1. The molecule has 0 aliphatic carbocycles. The quantitative estimate of drug-likeness (QED) is 0.657. The zero-order valence-electron chi connectivity index (χ0n) is 8.53. The highest BCUT2D eigenvalue weighted by Gasteiger charge is 2.29. The number of hydrogen-bond acceptors (Lipinski definition) is 3. The number of imidazole rings is 1. The smallest absolute Gasteiger partial charge is 0.131 e. The van der Waals surface area contributed by atoms with Crippen molar-refractivity contribution in [2.75, 3.05) is 18.5 Å². The van der Waals surface area contributed by atoms with Crippen LogP contribution in [0.25, 0.3) is 0 Å². The molecule has 4 heteroatoms. The molecular weight excluding hydrogens is 176 g/mol. The van der Waals surface area contributed by atoms with Gasteiger partial charge in [0.2, 0.25) is 0 Å². The summed E-state index contributed by atoms with van der Waals surface area (Å²) in [6, 6.07) is 0.155. The molecule has 3 rings (SSSR count). The Morgan fingerprint density at radius 1 is 1.43 bits per heavy atom. The Labute approximate surface area is 83.7 Å². The Bertz CT molecular complexity index is 368. The highest BCUT2D eigenvalue weighted by Crippen LogP contribution is 2.33. The van der Waals surface area contributed by atoms with E-state index in [1.807, 2.05) is 0 Å². The summed E-state index contributed by atoms with van der Waals surface area (Å²) in [5.74, 6) is 2.42. The molecule has 76 valence electrons. The zero-order valence-corrected chi connectivity index (χ0v) is 8.53. The van der Waals surface area contributed by atoms with Crippen LogP contribution < -0.4 is 10.6 Å². The zero-order chi connectivity index (χ0) is 9.71. The maximum absolute atomic E-state index is 6.05. The van der Waals surface area contributed by atoms with Crippen LogP contribution in [0.4, 0.5) is 5.82 Å². The molecule has 3 heterocycles. The molecule has 14 heavy (non-hydrogen) atoms. The van der Waals surface area contributed by atoms with E-state index in [4.69, 9.17) is 5.73 Å². The fraction of sp³-hybridized carbons (Fsp3) is 0.700. The molecule has 1 atom stereocenters. The normalized spacial score (nSPS) is 25.0. The summed E-state index contributed by atoms with van der Waals surface area (Å²) in [5, 5.41) is 0. The van der Waals surface area contributed by atoms with Gasteiger partial charge in [-0.3, -0.25) is 0 Å². The van der Waals surface area contributed by atoms with Gasteiger partial charge in [0.05, 0.1) is 11.7 Å². The summed E-state index contributed by atoms with van der Waals surface area (Å²) in [6.45, 7) is 2.20. The molecule has 1 unspecified atom stereocenters. The second-order valence-electron chi connectivity index (χ2n) is 4.31. The Kier molecular flexibility index (Phi) is 1.62. The molecule has 2 N–H and O–H groups in total. The van der Waals surface area contributed by atoms with Crippen LogP contribution >= 0.6 is 0 Å². The number of aromatic nitrogens is 2. The summed E-state index contributed by atoms with van der Waals surface area (Å²) >= 11 is 0. The molecule has 2 aliphatic heterocycles. The van der Waals surface area contributed by atoms with Crippen LogP contribution in [-0.2, 0) is 13.0 Å². The van der Waals surface area contributed by atoms with E-state index in [2.05, 4.69) is 21.5 Å². The molecule has 0 aromatic carbocycles. The van der Waals surface area contributed by atoms with E-state index in [-0.39, 0.29) is 6.04 Å². The van der Waals surface area contributed by atoms with Crippen molar-refractivity contribution in [2.24, 2.45) is 5.73 Å². The van der Waals surface area contributed by atoms with Crippen molar-refractivity contribution in [1.29, 1.82) is 0 Å². The van der Waals surface area contributed by atoms with Gasteiger partial charge in [0.1, 0.15) is 11.6 Å². The first-order chi connectivity index (χ1) is 6.77. The van der Waals surface area contributed by atoms with E-state index >= 15 is 0 Å². The largest absolute Gasteiger partial charge is 0.359 e. The van der Waals surface area contributed by atoms with Gasteiger partial charge < -0.3 is 15.2 Å². The molecule has 2 aliphatic rings. The lowest BCUT2D eigenvalue weighted by atomic mass is 10.1. The Morgan fingerprint density at radius 3 is 3.14 bits per heavy atom. The van der Waals surface area contributed by atoms with Crippen LogP contribution in [0.15, 0.2) is 0 Å². The maximum atomic E-state index is 6.05. The lowest BCUT2D eigenvalue weighted by Crippen LogP contribution is -2.25. The van der Waals surface area contributed by atoms with Gasteiger partial charge in [0, 0.05) is 26.6 Å². The second kappa shape index (κ2) is 2.73. The molecule has 1 aromatic rings. The summed E-state index contributed by atoms with van der Waals surface area (Å²) in [4.78, 5) is 6.95. The van der Waals surface area contributed by atoms with Crippen molar-refractivity contribution in [3.05, 3.63) is 11.5 Å². The number of hydrogen-bond donors (Lipinski definition) is 1. The number of likely N-dealkylation sites (N-methyl/N-ethyl adjacent to an activating group) is 1. The first-order valence-electron chi connectivity index (χ1n) is 5.33. The van der Waals surface area contributed by atoms with Crippen LogP contribution in [0, 0.1) is 0 Å². The minimum atomic E-state index is 0.155. The minimum absolute atomic E-state index is 0.155. The van der Waals surface area contributed by atoms with Crippen LogP contribution in [0.3, 0.4) is 0 Å². The van der Waals surface area contributed by atoms with Gasteiger partial charge >= 0.3 is 0 Å². The number of rotatable bonds is 0. The van der Waals surface area contributed by atoms with E-state index in [0.717, 1.165) is 31.8 Å². The summed E-state index contributed by atoms with van der Waals surface area (Å²) in [6.07, 6.45) is 3.35. The van der Waals surface area contributed by atoms with Crippen molar-refractivity contribution in [3.8, 4) is 0 Å². The molecule has 0 saturated carbocycles. The third-order valence-corrected chi connectivity index (χ3v) is 3.31. The van der Waals surface area contributed by atoms with E-state index in [1.165, 1.54) is 17.9 Å². The average molecular weight is 192 g/mol. The SMILES string of the molecule is CN1CCc2nc3n(c21)CCCC3N. The minimum Gasteiger partial charge on any atom is -0.359 e. The molecule has 0 amide bonds. The van der Waals surface area contributed by atoms with E-state index in [9.17, 15) is 0 Å². The average Bonchev–Trinajstić information content (AvgIpc) is 2.68. The summed E-state index contributed by atoms with van der Waals surface area (Å²) in [5.41, 5.74) is 7.30. The van der Waals surface area contributed by atoms with Crippen LogP contribution in [-0.4, -0.2) is 23.1 Å². The highest BCUT2D eigenvalue weighted by atomic mass is 15.3. The van der Waals surface area contributed by atoms with Gasteiger partial charge in [-0.05, 0) is 12.8 Å². The molecular formula is C10H16N4. The molecule has 0 radical (unpaired) electrons. The maximum Gasteiger partial charge on any atom is 0.131 e. The lowest BCUT2D eigenvalue weighted by molar-refractivity contribution is 0.451. The summed E-state index contributed by atoms with van der Waals surface area (Å²) in [7, 11) is 2.14. The third kappa shape index (κ3) is 0.945. The topological polar surface area (TPSA) is 47.1 Å². The number of anilines is 1. The van der Waals surface area contributed by atoms with Gasteiger partial charge in [0.15, 0.2) is 0 Å². The van der Waals surface area contributed by atoms with Gasteiger partial charge in [-0.2, -0.15) is 0 Å². The molecule has 0 saturated heterocycles. The van der Waals surface area contributed by atoms with Gasteiger partial charge in [-0.15, -0.1) is 0 Å². The third-order valence-electron chi connectivity index (χ3n) is 3.31. The van der Waals surface area contributed by atoms with Crippen molar-refractivity contribution < 1.29 is 0 Å². The number of nitrogens with zero attached hydrogens (tertiary/aromatic N) is 3. The van der Waals surface area contributed by atoms with E-state index < -0.39 is 0 Å². The highest BCUT2D eigenvalue weighted by molar-refractivity contribution is 5.51. The fourth-order valence-electron chi connectivity index (χ4n) is 2.59. The van der Waals surface area contributed by atoms with Gasteiger partial charge in [-0.1, -0.05) is 0 Å². The Hall–Kier alpha value is -1.03. The monoisotopic (exact) mass is 192 g/mol. The Balaban J connectivity index is 2.15. The van der Waals surface area contributed by atoms with Crippen LogP contribution in [0.5, 0.6) is 0 Å². The van der Waals surface area contributed by atoms with Crippen molar-refractivity contribution in [3.63, 3.8) is 0 Å². The first-order valence-corrected chi connectivity index (χ1v) is 5.33. The molecule has 0 bridgehead atoms. The van der Waals surface area contributed by atoms with Crippen molar-refractivity contribution in [2.45, 2.75) is 31.8 Å². The Morgan fingerprint density at radius 2 is 2.29 bits per heavy atom. The molecule has 4 nitrogen and oxygen atoms in total. The predicted molar refractivity (Wildman–Crippen MR) is 55.4 cm³/mol.